The second-order valence-corrected chi connectivity index (χ2v) is 5.15. The highest BCUT2D eigenvalue weighted by molar-refractivity contribution is 14.1. The Balaban J connectivity index is 2.25. The van der Waals surface area contributed by atoms with E-state index in [4.69, 9.17) is 0 Å². The molecule has 0 fully saturated rings. The molecule has 2 rings (SSSR count). The molecule has 0 radical (unpaired) electrons. The third-order valence-electron chi connectivity index (χ3n) is 2.61. The molecule has 0 unspecified atom stereocenters. The van der Waals surface area contributed by atoms with Crippen molar-refractivity contribution in [2.24, 2.45) is 0 Å². The lowest BCUT2D eigenvalue weighted by Crippen LogP contribution is -2.21. The van der Waals surface area contributed by atoms with E-state index in [9.17, 15) is 18.0 Å². The first kappa shape index (κ1) is 14.1. The molecule has 0 saturated heterocycles. The maximum Gasteiger partial charge on any atom is 0.416 e. The summed E-state index contributed by atoms with van der Waals surface area (Å²) >= 11 is 1.93. The minimum atomic E-state index is -4.34. The summed E-state index contributed by atoms with van der Waals surface area (Å²) in [5.41, 5.74) is -0.189. The topological polar surface area (TPSA) is 22.0 Å². The number of halogens is 4. The highest BCUT2D eigenvalue weighted by Crippen LogP contribution is 2.29. The van der Waals surface area contributed by atoms with Crippen molar-refractivity contribution in [1.29, 1.82) is 0 Å². The lowest BCUT2D eigenvalue weighted by atomic mass is 10.1. The van der Waals surface area contributed by atoms with Crippen molar-refractivity contribution in [3.05, 3.63) is 67.6 Å². The van der Waals surface area contributed by atoms with Crippen LogP contribution in [-0.4, -0.2) is 4.57 Å². The highest BCUT2D eigenvalue weighted by atomic mass is 127. The van der Waals surface area contributed by atoms with Crippen LogP contribution < -0.4 is 5.56 Å². The number of nitrogens with zero attached hydrogens (tertiary/aromatic N) is 1. The van der Waals surface area contributed by atoms with E-state index < -0.39 is 11.7 Å². The minimum Gasteiger partial charge on any atom is -0.310 e. The predicted octanol–water partition coefficient (Wildman–Crippen LogP) is 3.52. The van der Waals surface area contributed by atoms with E-state index in [0.29, 0.717) is 9.13 Å². The molecular formula is C13H9F3INO. The van der Waals surface area contributed by atoms with Crippen molar-refractivity contribution in [2.45, 2.75) is 12.7 Å². The van der Waals surface area contributed by atoms with Gasteiger partial charge in [-0.15, -0.1) is 0 Å². The van der Waals surface area contributed by atoms with Crippen molar-refractivity contribution < 1.29 is 13.2 Å². The number of hydrogen-bond acceptors (Lipinski definition) is 1. The van der Waals surface area contributed by atoms with Gasteiger partial charge < -0.3 is 4.57 Å². The monoisotopic (exact) mass is 379 g/mol. The van der Waals surface area contributed by atoms with Crippen molar-refractivity contribution in [3.8, 4) is 0 Å². The van der Waals surface area contributed by atoms with Gasteiger partial charge in [-0.25, -0.2) is 0 Å². The van der Waals surface area contributed by atoms with E-state index in [2.05, 4.69) is 0 Å². The maximum atomic E-state index is 12.4. The fourth-order valence-electron chi connectivity index (χ4n) is 1.63. The normalized spacial score (nSPS) is 11.6. The van der Waals surface area contributed by atoms with Gasteiger partial charge in [0.25, 0.3) is 5.56 Å². The van der Waals surface area contributed by atoms with Crippen molar-refractivity contribution in [2.75, 3.05) is 0 Å². The first-order valence-corrected chi connectivity index (χ1v) is 6.47. The molecule has 100 valence electrons. The summed E-state index contributed by atoms with van der Waals surface area (Å²) in [6.45, 7) is 0.258. The summed E-state index contributed by atoms with van der Waals surface area (Å²) in [7, 11) is 0. The zero-order chi connectivity index (χ0) is 14.0. The van der Waals surface area contributed by atoms with Crippen LogP contribution in [0.5, 0.6) is 0 Å². The van der Waals surface area contributed by atoms with Gasteiger partial charge in [0.1, 0.15) is 0 Å². The zero-order valence-electron chi connectivity index (χ0n) is 9.62. The van der Waals surface area contributed by atoms with Crippen molar-refractivity contribution in [1.82, 2.24) is 4.57 Å². The molecule has 0 spiro atoms. The molecule has 2 aromatic rings. The smallest absolute Gasteiger partial charge is 0.310 e. The molecule has 0 aliphatic rings. The van der Waals surface area contributed by atoms with Crippen LogP contribution in [-0.2, 0) is 12.7 Å². The number of alkyl halides is 3. The Labute approximate surface area is 121 Å². The first-order valence-electron chi connectivity index (χ1n) is 5.39. The number of rotatable bonds is 2. The quantitative estimate of drug-likeness (QED) is 0.732. The van der Waals surface area contributed by atoms with Crippen LogP contribution in [0.25, 0.3) is 0 Å². The van der Waals surface area contributed by atoms with Gasteiger partial charge in [-0.2, -0.15) is 13.2 Å². The van der Waals surface area contributed by atoms with Crippen molar-refractivity contribution >= 4 is 22.6 Å². The van der Waals surface area contributed by atoms with E-state index in [1.54, 1.807) is 18.3 Å². The average molecular weight is 379 g/mol. The Bertz CT molecular complexity index is 632. The van der Waals surface area contributed by atoms with E-state index in [-0.39, 0.29) is 12.1 Å². The number of aromatic nitrogens is 1. The maximum absolute atomic E-state index is 12.4. The molecule has 6 heteroatoms. The fourth-order valence-corrected chi connectivity index (χ4v) is 2.15. The molecular weight excluding hydrogens is 370 g/mol. The van der Waals surface area contributed by atoms with E-state index in [1.807, 2.05) is 22.6 Å². The van der Waals surface area contributed by atoms with Gasteiger partial charge in [-0.3, -0.25) is 4.79 Å². The van der Waals surface area contributed by atoms with Gasteiger partial charge in [0.15, 0.2) is 0 Å². The van der Waals surface area contributed by atoms with Crippen LogP contribution >= 0.6 is 22.6 Å². The zero-order valence-corrected chi connectivity index (χ0v) is 11.8. The van der Waals surface area contributed by atoms with Crippen molar-refractivity contribution in [3.63, 3.8) is 0 Å². The summed E-state index contributed by atoms with van der Waals surface area (Å²) in [6.07, 6.45) is -2.72. The standard InChI is InChI=1S/C13H9F3INO/c14-13(15,16)10-5-3-9(4-6-10)8-18-7-1-2-11(17)12(18)19/h1-7H,8H2. The minimum absolute atomic E-state index is 0.150. The van der Waals surface area contributed by atoms with E-state index in [0.717, 1.165) is 12.1 Å². The molecule has 0 aliphatic carbocycles. The Kier molecular flexibility index (Phi) is 3.98. The van der Waals surface area contributed by atoms with Gasteiger partial charge in [-0.1, -0.05) is 12.1 Å². The second-order valence-electron chi connectivity index (χ2n) is 3.98. The molecule has 1 aromatic heterocycles. The highest BCUT2D eigenvalue weighted by Gasteiger charge is 2.29. The fraction of sp³-hybridized carbons (Fsp3) is 0.154. The molecule has 0 bridgehead atoms. The molecule has 2 nitrogen and oxygen atoms in total. The molecule has 0 atom stereocenters. The van der Waals surface area contributed by atoms with Crippen LogP contribution in [0, 0.1) is 3.57 Å². The SMILES string of the molecule is O=c1c(I)cccn1Cc1ccc(C(F)(F)F)cc1. The van der Waals surface area contributed by atoms with E-state index >= 15 is 0 Å². The predicted molar refractivity (Wildman–Crippen MR) is 74.0 cm³/mol. The molecule has 1 heterocycles. The summed E-state index contributed by atoms with van der Waals surface area (Å²) in [5.74, 6) is 0. The molecule has 0 aliphatic heterocycles. The third kappa shape index (κ3) is 3.37. The molecule has 1 aromatic carbocycles. The summed E-state index contributed by atoms with van der Waals surface area (Å²) in [4.78, 5) is 11.8. The summed E-state index contributed by atoms with van der Waals surface area (Å²) in [5, 5.41) is 0. The molecule has 0 N–H and O–H groups in total. The largest absolute Gasteiger partial charge is 0.416 e. The van der Waals surface area contributed by atoms with E-state index in [1.165, 1.54) is 16.7 Å². The van der Waals surface area contributed by atoms with Gasteiger partial charge in [0.05, 0.1) is 15.7 Å². The van der Waals surface area contributed by atoms with Gasteiger partial charge in [-0.05, 0) is 52.4 Å². The second kappa shape index (κ2) is 5.36. The average Bonchev–Trinajstić information content (AvgIpc) is 2.35. The van der Waals surface area contributed by atoms with Crippen LogP contribution in [0.2, 0.25) is 0 Å². The Morgan fingerprint density at radius 2 is 1.74 bits per heavy atom. The van der Waals surface area contributed by atoms with Crippen LogP contribution in [0.1, 0.15) is 11.1 Å². The molecule has 19 heavy (non-hydrogen) atoms. The Morgan fingerprint density at radius 1 is 1.11 bits per heavy atom. The lowest BCUT2D eigenvalue weighted by Gasteiger charge is -2.09. The van der Waals surface area contributed by atoms with Gasteiger partial charge >= 0.3 is 6.18 Å². The first-order chi connectivity index (χ1) is 8.88. The third-order valence-corrected chi connectivity index (χ3v) is 3.43. The Morgan fingerprint density at radius 3 is 2.32 bits per heavy atom. The Hall–Kier alpha value is -1.31. The number of pyridine rings is 1. The molecule has 0 saturated carbocycles. The molecule has 0 amide bonds. The van der Waals surface area contributed by atoms with Gasteiger partial charge in [0.2, 0.25) is 0 Å². The van der Waals surface area contributed by atoms with Crippen LogP contribution in [0.4, 0.5) is 13.2 Å². The summed E-state index contributed by atoms with van der Waals surface area (Å²) in [6, 6.07) is 8.23. The summed E-state index contributed by atoms with van der Waals surface area (Å²) < 4.78 is 39.3. The van der Waals surface area contributed by atoms with Crippen LogP contribution in [0.15, 0.2) is 47.4 Å². The van der Waals surface area contributed by atoms with Crippen LogP contribution in [0.3, 0.4) is 0 Å². The van der Waals surface area contributed by atoms with Gasteiger partial charge in [0, 0.05) is 6.20 Å². The lowest BCUT2D eigenvalue weighted by molar-refractivity contribution is -0.137. The number of benzene rings is 1. The number of hydrogen-bond donors (Lipinski definition) is 0.